The van der Waals surface area contributed by atoms with Gasteiger partial charge in [0.2, 0.25) is 0 Å². The molecule has 1 fully saturated rings. The highest BCUT2D eigenvalue weighted by molar-refractivity contribution is 14.0. The molecule has 30 heavy (non-hydrogen) atoms. The van der Waals surface area contributed by atoms with E-state index in [4.69, 9.17) is 4.74 Å². The van der Waals surface area contributed by atoms with Crippen molar-refractivity contribution >= 4 is 35.6 Å². The van der Waals surface area contributed by atoms with Crippen LogP contribution < -0.4 is 20.3 Å². The van der Waals surface area contributed by atoms with Gasteiger partial charge in [0.15, 0.2) is 5.96 Å². The van der Waals surface area contributed by atoms with Crippen molar-refractivity contribution in [2.24, 2.45) is 10.9 Å². The van der Waals surface area contributed by atoms with Crippen molar-refractivity contribution < 1.29 is 4.74 Å². The van der Waals surface area contributed by atoms with E-state index in [0.29, 0.717) is 18.0 Å². The molecule has 2 rings (SSSR count). The van der Waals surface area contributed by atoms with E-state index in [1.807, 2.05) is 19.2 Å². The first-order chi connectivity index (χ1) is 14.0. The van der Waals surface area contributed by atoms with E-state index in [-0.39, 0.29) is 24.0 Å². The Morgan fingerprint density at radius 3 is 2.53 bits per heavy atom. The van der Waals surface area contributed by atoms with Gasteiger partial charge in [0.1, 0.15) is 5.75 Å². The molecule has 2 N–H and O–H groups in total. The highest BCUT2D eigenvalue weighted by atomic mass is 127. The molecule has 0 amide bonds. The van der Waals surface area contributed by atoms with Gasteiger partial charge in [-0.2, -0.15) is 0 Å². The first-order valence-corrected chi connectivity index (χ1v) is 11.0. The van der Waals surface area contributed by atoms with Gasteiger partial charge in [0.05, 0.1) is 12.8 Å². The molecule has 1 aliphatic heterocycles. The van der Waals surface area contributed by atoms with Crippen molar-refractivity contribution in [2.45, 2.75) is 52.6 Å². The van der Waals surface area contributed by atoms with E-state index >= 15 is 0 Å². The summed E-state index contributed by atoms with van der Waals surface area (Å²) in [7, 11) is 3.59. The van der Waals surface area contributed by atoms with E-state index in [1.54, 1.807) is 7.11 Å². The lowest BCUT2D eigenvalue weighted by Crippen LogP contribution is -2.42. The molecule has 0 radical (unpaired) electrons. The molecule has 172 valence electrons. The topological polar surface area (TPSA) is 52.1 Å². The molecule has 1 aliphatic rings. The maximum absolute atomic E-state index is 5.52. The number of anilines is 1. The van der Waals surface area contributed by atoms with Crippen LogP contribution in [0, 0.1) is 5.92 Å². The fourth-order valence-electron chi connectivity index (χ4n) is 4.15. The fourth-order valence-corrected chi connectivity index (χ4v) is 4.15. The Kier molecular flexibility index (Phi) is 12.5. The van der Waals surface area contributed by atoms with Gasteiger partial charge >= 0.3 is 0 Å². The van der Waals surface area contributed by atoms with E-state index in [9.17, 15) is 0 Å². The van der Waals surface area contributed by atoms with Crippen LogP contribution in [0.25, 0.3) is 0 Å². The van der Waals surface area contributed by atoms with Crippen LogP contribution in [-0.4, -0.2) is 69.8 Å². The highest BCUT2D eigenvalue weighted by Crippen LogP contribution is 2.31. The Bertz CT molecular complexity index is 630. The largest absolute Gasteiger partial charge is 0.495 e. The Labute approximate surface area is 200 Å². The lowest BCUT2D eigenvalue weighted by atomic mass is 10.1. The maximum atomic E-state index is 5.52. The molecule has 1 saturated heterocycles. The molecule has 1 atom stereocenters. The van der Waals surface area contributed by atoms with E-state index in [0.717, 1.165) is 50.9 Å². The monoisotopic (exact) mass is 531 g/mol. The summed E-state index contributed by atoms with van der Waals surface area (Å²) < 4.78 is 5.52. The second-order valence-corrected chi connectivity index (χ2v) is 8.43. The normalized spacial score (nSPS) is 16.9. The molecular formula is C23H42IN5O. The smallest absolute Gasteiger partial charge is 0.190 e. The number of para-hydroxylation sites is 2. The molecule has 0 aromatic heterocycles. The van der Waals surface area contributed by atoms with E-state index in [1.165, 1.54) is 12.1 Å². The van der Waals surface area contributed by atoms with Crippen LogP contribution in [0.2, 0.25) is 0 Å². The molecule has 1 aromatic carbocycles. The van der Waals surface area contributed by atoms with Crippen molar-refractivity contribution in [3.8, 4) is 5.75 Å². The molecule has 1 aromatic rings. The number of aliphatic imine (C=N–C) groups is 1. The van der Waals surface area contributed by atoms with Gasteiger partial charge in [-0.3, -0.25) is 9.89 Å². The zero-order valence-corrected chi connectivity index (χ0v) is 22.0. The van der Waals surface area contributed by atoms with Gasteiger partial charge in [-0.1, -0.05) is 12.1 Å². The van der Waals surface area contributed by atoms with Crippen molar-refractivity contribution in [3.63, 3.8) is 0 Å². The Morgan fingerprint density at radius 1 is 1.20 bits per heavy atom. The van der Waals surface area contributed by atoms with Gasteiger partial charge < -0.3 is 20.3 Å². The quantitative estimate of drug-likeness (QED) is 0.208. The van der Waals surface area contributed by atoms with E-state index < -0.39 is 0 Å². The molecule has 1 heterocycles. The van der Waals surface area contributed by atoms with Gasteiger partial charge in [0.25, 0.3) is 0 Å². The number of nitrogens with one attached hydrogen (secondary N) is 2. The van der Waals surface area contributed by atoms with Crippen LogP contribution in [-0.2, 0) is 0 Å². The number of ether oxygens (including phenoxy) is 1. The first-order valence-electron chi connectivity index (χ1n) is 11.0. The summed E-state index contributed by atoms with van der Waals surface area (Å²) >= 11 is 0. The number of methoxy groups -OCH3 is 1. The van der Waals surface area contributed by atoms with Crippen molar-refractivity contribution in [2.75, 3.05) is 51.8 Å². The van der Waals surface area contributed by atoms with Crippen LogP contribution in [0.5, 0.6) is 5.75 Å². The van der Waals surface area contributed by atoms with Gasteiger partial charge in [-0.05, 0) is 58.6 Å². The van der Waals surface area contributed by atoms with Crippen LogP contribution in [0.1, 0.15) is 40.5 Å². The number of benzene rings is 1. The van der Waals surface area contributed by atoms with Crippen LogP contribution in [0.15, 0.2) is 29.3 Å². The Hall–Kier alpha value is -1.22. The number of guanidine groups is 1. The SMILES string of the molecule is CN=C(NCCCN(C(C)C)C(C)C)NCC1CCN(c2ccccc2OC)C1.I. The fraction of sp³-hybridized carbons (Fsp3) is 0.696. The summed E-state index contributed by atoms with van der Waals surface area (Å²) in [5, 5.41) is 6.98. The molecular weight excluding hydrogens is 489 g/mol. The summed E-state index contributed by atoms with van der Waals surface area (Å²) in [4.78, 5) is 9.34. The average molecular weight is 532 g/mol. The molecule has 6 nitrogen and oxygen atoms in total. The number of halogens is 1. The minimum absolute atomic E-state index is 0. The number of nitrogens with zero attached hydrogens (tertiary/aromatic N) is 3. The van der Waals surface area contributed by atoms with Gasteiger partial charge in [0, 0.05) is 51.9 Å². The zero-order valence-electron chi connectivity index (χ0n) is 19.6. The average Bonchev–Trinajstić information content (AvgIpc) is 3.18. The molecule has 0 spiro atoms. The maximum Gasteiger partial charge on any atom is 0.190 e. The Balaban J connectivity index is 0.00000450. The molecule has 7 heteroatoms. The summed E-state index contributed by atoms with van der Waals surface area (Å²) in [6, 6.07) is 9.45. The Morgan fingerprint density at radius 2 is 1.90 bits per heavy atom. The lowest BCUT2D eigenvalue weighted by Gasteiger charge is -2.30. The second kappa shape index (κ2) is 14.0. The van der Waals surface area contributed by atoms with Crippen LogP contribution in [0.4, 0.5) is 5.69 Å². The predicted molar refractivity (Wildman–Crippen MR) is 140 cm³/mol. The van der Waals surface area contributed by atoms with Gasteiger partial charge in [-0.25, -0.2) is 0 Å². The summed E-state index contributed by atoms with van der Waals surface area (Å²) in [5.74, 6) is 2.47. The summed E-state index contributed by atoms with van der Waals surface area (Å²) in [6.45, 7) is 14.2. The van der Waals surface area contributed by atoms with Gasteiger partial charge in [-0.15, -0.1) is 24.0 Å². The summed E-state index contributed by atoms with van der Waals surface area (Å²) in [5.41, 5.74) is 1.19. The predicted octanol–water partition coefficient (Wildman–Crippen LogP) is 3.81. The molecule has 0 bridgehead atoms. The first kappa shape index (κ1) is 26.8. The molecule has 0 aliphatic carbocycles. The third-order valence-electron chi connectivity index (χ3n) is 5.71. The number of rotatable bonds is 10. The lowest BCUT2D eigenvalue weighted by molar-refractivity contribution is 0.173. The third-order valence-corrected chi connectivity index (χ3v) is 5.71. The number of hydrogen-bond acceptors (Lipinski definition) is 4. The standard InChI is InChI=1S/C23H41N5O.HI/c1-18(2)28(19(3)4)14-9-13-25-23(24-5)26-16-20-12-15-27(17-20)21-10-7-8-11-22(21)29-6;/h7-8,10-11,18-20H,9,12-17H2,1-6H3,(H2,24,25,26);1H. The van der Waals surface area contributed by atoms with E-state index in [2.05, 4.69) is 65.3 Å². The summed E-state index contributed by atoms with van der Waals surface area (Å²) in [6.07, 6.45) is 2.29. The minimum atomic E-state index is 0. The van der Waals surface area contributed by atoms with Crippen molar-refractivity contribution in [3.05, 3.63) is 24.3 Å². The van der Waals surface area contributed by atoms with Crippen LogP contribution >= 0.6 is 24.0 Å². The molecule has 0 saturated carbocycles. The zero-order chi connectivity index (χ0) is 21.2. The third kappa shape index (κ3) is 8.13. The number of hydrogen-bond donors (Lipinski definition) is 2. The second-order valence-electron chi connectivity index (χ2n) is 8.43. The highest BCUT2D eigenvalue weighted by Gasteiger charge is 2.24. The van der Waals surface area contributed by atoms with Crippen molar-refractivity contribution in [1.82, 2.24) is 15.5 Å². The minimum Gasteiger partial charge on any atom is -0.495 e. The van der Waals surface area contributed by atoms with Crippen molar-refractivity contribution in [1.29, 1.82) is 0 Å². The molecule has 1 unspecified atom stereocenters. The van der Waals surface area contributed by atoms with Crippen LogP contribution in [0.3, 0.4) is 0 Å².